The molecule has 2 aromatic carbocycles. The average molecular weight is 452 g/mol. The molecule has 0 spiro atoms. The molecule has 0 unspecified atom stereocenters. The molecule has 0 saturated carbocycles. The summed E-state index contributed by atoms with van der Waals surface area (Å²) in [6, 6.07) is 15.1. The highest BCUT2D eigenvalue weighted by atomic mass is 16.6. The van der Waals surface area contributed by atoms with Gasteiger partial charge in [0.15, 0.2) is 6.61 Å². The van der Waals surface area contributed by atoms with Crippen molar-refractivity contribution in [2.45, 2.75) is 0 Å². The van der Waals surface area contributed by atoms with Crippen molar-refractivity contribution in [2.75, 3.05) is 31.1 Å². The highest BCUT2D eigenvalue weighted by Gasteiger charge is 2.28. The van der Waals surface area contributed by atoms with Crippen LogP contribution in [0.2, 0.25) is 0 Å². The van der Waals surface area contributed by atoms with Crippen molar-refractivity contribution < 1.29 is 24.0 Å². The van der Waals surface area contributed by atoms with Crippen LogP contribution in [0.5, 0.6) is 5.75 Å². The number of aromatic nitrogens is 2. The van der Waals surface area contributed by atoms with E-state index in [-0.39, 0.29) is 23.8 Å². The largest absolute Gasteiger partial charge is 0.484 e. The zero-order valence-corrected chi connectivity index (χ0v) is 17.7. The fourth-order valence-corrected chi connectivity index (χ4v) is 2.87. The Labute approximate surface area is 188 Å². The minimum Gasteiger partial charge on any atom is -0.484 e. The summed E-state index contributed by atoms with van der Waals surface area (Å²) in [5, 5.41) is 11.8. The smallest absolute Gasteiger partial charge is 0.355 e. The molecule has 2 N–H and O–H groups in total. The van der Waals surface area contributed by atoms with Crippen LogP contribution in [0.4, 0.5) is 23.0 Å². The monoisotopic (exact) mass is 452 g/mol. The van der Waals surface area contributed by atoms with E-state index in [0.717, 1.165) is 6.33 Å². The van der Waals surface area contributed by atoms with E-state index >= 15 is 0 Å². The highest BCUT2D eigenvalue weighted by molar-refractivity contribution is 5.97. The van der Waals surface area contributed by atoms with E-state index in [4.69, 9.17) is 9.47 Å². The number of hydrazine groups is 1. The Hall–Kier alpha value is -4.74. The second kappa shape index (κ2) is 10.5. The second-order valence-corrected chi connectivity index (χ2v) is 6.49. The summed E-state index contributed by atoms with van der Waals surface area (Å²) in [6.45, 7) is -0.324. The molecule has 0 fully saturated rings. The number of para-hydroxylation sites is 2. The van der Waals surface area contributed by atoms with Crippen molar-refractivity contribution in [3.63, 3.8) is 0 Å². The summed E-state index contributed by atoms with van der Waals surface area (Å²) in [6.07, 6.45) is 1.09. The number of anilines is 3. The summed E-state index contributed by atoms with van der Waals surface area (Å²) >= 11 is 0. The van der Waals surface area contributed by atoms with E-state index in [1.54, 1.807) is 48.5 Å². The van der Waals surface area contributed by atoms with Gasteiger partial charge in [0.2, 0.25) is 11.6 Å². The van der Waals surface area contributed by atoms with Gasteiger partial charge in [-0.05, 0) is 24.3 Å². The van der Waals surface area contributed by atoms with Crippen molar-refractivity contribution in [1.82, 2.24) is 15.4 Å². The molecular formula is C21H20N6O6. The predicted molar refractivity (Wildman–Crippen MR) is 118 cm³/mol. The Morgan fingerprint density at radius 2 is 1.79 bits per heavy atom. The number of carbonyl (C=O) groups excluding carboxylic acids is 2. The maximum Gasteiger partial charge on any atom is 0.355 e. The maximum atomic E-state index is 12.1. The fourth-order valence-electron chi connectivity index (χ4n) is 2.87. The van der Waals surface area contributed by atoms with Gasteiger partial charge in [-0.25, -0.2) is 14.8 Å². The van der Waals surface area contributed by atoms with Gasteiger partial charge >= 0.3 is 11.7 Å². The lowest BCUT2D eigenvalue weighted by molar-refractivity contribution is -0.383. The second-order valence-electron chi connectivity index (χ2n) is 6.49. The first kappa shape index (κ1) is 22.9. The van der Waals surface area contributed by atoms with Crippen LogP contribution < -0.4 is 20.5 Å². The number of esters is 1. The SMILES string of the molecule is COC(=O)c1ccccc1N(C)c1ncnc(NNC(=O)COc2ccccc2)c1[N+](=O)[O-]. The van der Waals surface area contributed by atoms with Crippen LogP contribution in [-0.4, -0.2) is 47.5 Å². The van der Waals surface area contributed by atoms with Gasteiger partial charge in [0, 0.05) is 7.05 Å². The molecule has 0 aliphatic rings. The number of nitrogens with one attached hydrogen (secondary N) is 2. The third kappa shape index (κ3) is 5.50. The molecule has 1 aromatic heterocycles. The van der Waals surface area contributed by atoms with Crippen LogP contribution in [0.1, 0.15) is 10.4 Å². The van der Waals surface area contributed by atoms with Crippen molar-refractivity contribution in [3.05, 3.63) is 76.6 Å². The van der Waals surface area contributed by atoms with E-state index in [2.05, 4.69) is 20.8 Å². The predicted octanol–water partition coefficient (Wildman–Crippen LogP) is 2.46. The molecule has 0 atom stereocenters. The van der Waals surface area contributed by atoms with Gasteiger partial charge in [0.25, 0.3) is 5.91 Å². The zero-order chi connectivity index (χ0) is 23.8. The molecule has 1 amide bonds. The Balaban J connectivity index is 1.81. The average Bonchev–Trinajstić information content (AvgIpc) is 2.85. The number of hydrogen-bond acceptors (Lipinski definition) is 10. The van der Waals surface area contributed by atoms with Crippen LogP contribution in [0.15, 0.2) is 60.9 Å². The molecule has 12 heteroatoms. The maximum absolute atomic E-state index is 12.1. The molecule has 12 nitrogen and oxygen atoms in total. The number of hydrogen-bond donors (Lipinski definition) is 2. The quantitative estimate of drug-likeness (QED) is 0.282. The number of nitrogens with zero attached hydrogens (tertiary/aromatic N) is 4. The first-order chi connectivity index (χ1) is 15.9. The Kier molecular flexibility index (Phi) is 7.32. The van der Waals surface area contributed by atoms with Crippen molar-refractivity contribution in [3.8, 4) is 5.75 Å². The molecule has 170 valence electrons. The molecule has 0 aliphatic heterocycles. The van der Waals surface area contributed by atoms with Gasteiger partial charge in [-0.1, -0.05) is 30.3 Å². The lowest BCUT2D eigenvalue weighted by Gasteiger charge is -2.21. The summed E-state index contributed by atoms with van der Waals surface area (Å²) < 4.78 is 10.1. The molecule has 0 bridgehead atoms. The van der Waals surface area contributed by atoms with Gasteiger partial charge in [-0.2, -0.15) is 0 Å². The lowest BCUT2D eigenvalue weighted by atomic mass is 10.1. The molecule has 0 saturated heterocycles. The third-order valence-electron chi connectivity index (χ3n) is 4.41. The van der Waals surface area contributed by atoms with Gasteiger partial charge in [-0.3, -0.25) is 25.8 Å². The normalized spacial score (nSPS) is 10.1. The van der Waals surface area contributed by atoms with Crippen LogP contribution in [0, 0.1) is 10.1 Å². The Bertz CT molecular complexity index is 1160. The number of rotatable bonds is 9. The number of nitro groups is 1. The molecule has 0 radical (unpaired) electrons. The zero-order valence-electron chi connectivity index (χ0n) is 17.7. The molecule has 0 aliphatic carbocycles. The summed E-state index contributed by atoms with van der Waals surface area (Å²) in [4.78, 5) is 44.6. The summed E-state index contributed by atoms with van der Waals surface area (Å²) in [7, 11) is 2.74. The van der Waals surface area contributed by atoms with E-state index in [1.807, 2.05) is 0 Å². The first-order valence-corrected chi connectivity index (χ1v) is 9.55. The summed E-state index contributed by atoms with van der Waals surface area (Å²) in [5.74, 6) is -1.06. The van der Waals surface area contributed by atoms with Crippen LogP contribution >= 0.6 is 0 Å². The molecule has 33 heavy (non-hydrogen) atoms. The van der Waals surface area contributed by atoms with Gasteiger partial charge in [0.05, 0.1) is 23.3 Å². The third-order valence-corrected chi connectivity index (χ3v) is 4.41. The topological polar surface area (TPSA) is 149 Å². The van der Waals surface area contributed by atoms with Crippen LogP contribution in [-0.2, 0) is 9.53 Å². The van der Waals surface area contributed by atoms with Gasteiger partial charge in [0.1, 0.15) is 12.1 Å². The molecule has 3 aromatic rings. The number of amides is 1. The number of methoxy groups -OCH3 is 1. The molecule has 3 rings (SSSR count). The number of ether oxygens (including phenoxy) is 2. The van der Waals surface area contributed by atoms with E-state index in [9.17, 15) is 19.7 Å². The van der Waals surface area contributed by atoms with Gasteiger partial charge in [-0.15, -0.1) is 0 Å². The summed E-state index contributed by atoms with van der Waals surface area (Å²) in [5.41, 5.74) is 4.75. The van der Waals surface area contributed by atoms with Crippen molar-refractivity contribution in [2.24, 2.45) is 0 Å². The van der Waals surface area contributed by atoms with Crippen molar-refractivity contribution >= 4 is 34.9 Å². The van der Waals surface area contributed by atoms with E-state index < -0.39 is 22.5 Å². The minimum atomic E-state index is -0.693. The van der Waals surface area contributed by atoms with Crippen LogP contribution in [0.25, 0.3) is 0 Å². The number of benzene rings is 2. The van der Waals surface area contributed by atoms with E-state index in [0.29, 0.717) is 11.4 Å². The van der Waals surface area contributed by atoms with Gasteiger partial charge < -0.3 is 14.4 Å². The van der Waals surface area contributed by atoms with E-state index in [1.165, 1.54) is 25.1 Å². The Morgan fingerprint density at radius 1 is 1.09 bits per heavy atom. The lowest BCUT2D eigenvalue weighted by Crippen LogP contribution is -2.34. The Morgan fingerprint density at radius 3 is 2.48 bits per heavy atom. The molecule has 1 heterocycles. The van der Waals surface area contributed by atoms with Crippen molar-refractivity contribution in [1.29, 1.82) is 0 Å². The molecular weight excluding hydrogens is 432 g/mol. The number of carbonyl (C=O) groups is 2. The first-order valence-electron chi connectivity index (χ1n) is 9.55. The highest BCUT2D eigenvalue weighted by Crippen LogP contribution is 2.35. The standard InChI is InChI=1S/C21H20N6O6/c1-26(16-11-7-6-10-15(16)21(29)32-2)20-18(27(30)31)19(22-13-23-20)25-24-17(28)12-33-14-8-4-3-5-9-14/h3-11,13H,12H2,1-2H3,(H,24,28)(H,22,23,25). The van der Waals surface area contributed by atoms with Crippen LogP contribution in [0.3, 0.4) is 0 Å². The fraction of sp³-hybridized carbons (Fsp3) is 0.143. The minimum absolute atomic E-state index is 0.108.